The molecule has 1 rings (SSSR count). The number of nitrogens with one attached hydrogen (secondary N) is 1. The molecule has 0 radical (unpaired) electrons. The Labute approximate surface area is 149 Å². The molecule has 1 aromatic heterocycles. The number of aliphatic hydroxyl groups excluding tert-OH is 2. The molecule has 0 aliphatic carbocycles. The number of hydrogen-bond acceptors (Lipinski definition) is 8. The molecule has 0 aromatic carbocycles. The summed E-state index contributed by atoms with van der Waals surface area (Å²) in [6, 6.07) is 0. The smallest absolute Gasteiger partial charge is 0.407 e. The minimum Gasteiger partial charge on any atom is -0.476 e. The molecular formula is C15H23N3O6S. The molecule has 1 amide bonds. The van der Waals surface area contributed by atoms with Gasteiger partial charge in [-0.25, -0.2) is 19.6 Å². The number of aromatic carboxylic acids is 1. The van der Waals surface area contributed by atoms with E-state index in [0.717, 1.165) is 11.8 Å². The summed E-state index contributed by atoms with van der Waals surface area (Å²) >= 11 is 1.16. The highest BCUT2D eigenvalue weighted by Crippen LogP contribution is 2.23. The maximum atomic E-state index is 11.5. The summed E-state index contributed by atoms with van der Waals surface area (Å²) < 4.78 is 5.05. The van der Waals surface area contributed by atoms with Crippen LogP contribution >= 0.6 is 11.8 Å². The van der Waals surface area contributed by atoms with Crippen molar-refractivity contribution in [2.24, 2.45) is 0 Å². The average molecular weight is 373 g/mol. The third-order valence-electron chi connectivity index (χ3n) is 2.97. The maximum Gasteiger partial charge on any atom is 0.407 e. The Morgan fingerprint density at radius 3 is 2.52 bits per heavy atom. The first-order valence-corrected chi connectivity index (χ1v) is 8.75. The van der Waals surface area contributed by atoms with Gasteiger partial charge in [-0.3, -0.25) is 0 Å². The van der Waals surface area contributed by atoms with Gasteiger partial charge in [-0.1, -0.05) is 11.8 Å². The zero-order valence-electron chi connectivity index (χ0n) is 14.5. The molecular weight excluding hydrogens is 350 g/mol. The van der Waals surface area contributed by atoms with Crippen molar-refractivity contribution in [2.75, 3.05) is 12.8 Å². The largest absolute Gasteiger partial charge is 0.476 e. The van der Waals surface area contributed by atoms with E-state index in [9.17, 15) is 24.9 Å². The van der Waals surface area contributed by atoms with Crippen LogP contribution in [-0.2, 0) is 4.74 Å². The summed E-state index contributed by atoms with van der Waals surface area (Å²) in [5.41, 5.74) is -1.10. The molecule has 0 aliphatic heterocycles. The first kappa shape index (κ1) is 21.1. The van der Waals surface area contributed by atoms with Gasteiger partial charge in [0.25, 0.3) is 0 Å². The van der Waals surface area contributed by atoms with E-state index in [1.165, 1.54) is 6.20 Å². The number of carbonyl (C=O) groups excluding carboxylic acids is 1. The van der Waals surface area contributed by atoms with Crippen molar-refractivity contribution in [3.8, 4) is 0 Å². The summed E-state index contributed by atoms with van der Waals surface area (Å²) in [6.07, 6.45) is -0.595. The van der Waals surface area contributed by atoms with Crippen molar-refractivity contribution in [3.63, 3.8) is 0 Å². The lowest BCUT2D eigenvalue weighted by molar-refractivity contribution is 0.0109. The fourth-order valence-electron chi connectivity index (χ4n) is 1.86. The molecule has 9 nitrogen and oxygen atoms in total. The van der Waals surface area contributed by atoms with Crippen LogP contribution in [0.15, 0.2) is 11.4 Å². The van der Waals surface area contributed by atoms with Crippen molar-refractivity contribution < 1.29 is 29.6 Å². The van der Waals surface area contributed by atoms with Crippen LogP contribution in [0.25, 0.3) is 0 Å². The number of rotatable bonds is 7. The lowest BCUT2D eigenvalue weighted by atomic mass is 10.0. The second-order valence-corrected chi connectivity index (χ2v) is 6.97. The van der Waals surface area contributed by atoms with Crippen molar-refractivity contribution in [3.05, 3.63) is 17.5 Å². The zero-order chi connectivity index (χ0) is 19.2. The fourth-order valence-corrected chi connectivity index (χ4v) is 2.20. The number of hydrogen-bond donors (Lipinski definition) is 4. The normalized spacial score (nSPS) is 13.8. The van der Waals surface area contributed by atoms with Gasteiger partial charge in [0.05, 0.1) is 6.10 Å². The summed E-state index contributed by atoms with van der Waals surface area (Å²) in [4.78, 5) is 30.6. The number of amides is 1. The lowest BCUT2D eigenvalue weighted by Gasteiger charge is -2.21. The highest BCUT2D eigenvalue weighted by atomic mass is 32.2. The number of ether oxygens (including phenoxy) is 1. The van der Waals surface area contributed by atoms with E-state index in [1.54, 1.807) is 27.0 Å². The summed E-state index contributed by atoms with van der Waals surface area (Å²) in [5, 5.41) is 32.1. The molecule has 140 valence electrons. The van der Waals surface area contributed by atoms with Gasteiger partial charge >= 0.3 is 12.1 Å². The number of thioether (sulfide) groups is 1. The minimum absolute atomic E-state index is 0.0102. The van der Waals surface area contributed by atoms with Gasteiger partial charge in [-0.05, 0) is 33.4 Å². The first-order chi connectivity index (χ1) is 11.5. The molecule has 0 bridgehead atoms. The van der Waals surface area contributed by atoms with E-state index < -0.39 is 29.9 Å². The molecule has 2 atom stereocenters. The number of carboxylic acid groups (broad SMARTS) is 1. The molecule has 0 saturated heterocycles. The van der Waals surface area contributed by atoms with Crippen molar-refractivity contribution >= 4 is 23.8 Å². The van der Waals surface area contributed by atoms with Crippen LogP contribution in [0.1, 0.15) is 49.3 Å². The van der Waals surface area contributed by atoms with Gasteiger partial charge < -0.3 is 25.4 Å². The molecule has 4 N–H and O–H groups in total. The van der Waals surface area contributed by atoms with Crippen LogP contribution < -0.4 is 5.32 Å². The Balaban J connectivity index is 2.69. The third kappa shape index (κ3) is 6.85. The Bertz CT molecular complexity index is 620. The van der Waals surface area contributed by atoms with Crippen molar-refractivity contribution in [1.29, 1.82) is 0 Å². The van der Waals surface area contributed by atoms with Crippen LogP contribution in [0.3, 0.4) is 0 Å². The number of aromatic nitrogens is 2. The van der Waals surface area contributed by atoms with Gasteiger partial charge in [0.1, 0.15) is 11.7 Å². The molecule has 10 heteroatoms. The van der Waals surface area contributed by atoms with E-state index in [2.05, 4.69) is 15.3 Å². The zero-order valence-corrected chi connectivity index (χ0v) is 15.3. The molecule has 2 unspecified atom stereocenters. The van der Waals surface area contributed by atoms with Crippen LogP contribution in [-0.4, -0.2) is 61.9 Å². The number of carbonyl (C=O) groups is 2. The Hall–Kier alpha value is -1.91. The molecule has 0 saturated carbocycles. The second kappa shape index (κ2) is 8.97. The molecule has 0 fully saturated rings. The van der Waals surface area contributed by atoms with Crippen LogP contribution in [0.5, 0.6) is 0 Å². The van der Waals surface area contributed by atoms with Crippen molar-refractivity contribution in [1.82, 2.24) is 15.3 Å². The Morgan fingerprint density at radius 1 is 1.36 bits per heavy atom. The Kier molecular flexibility index (Phi) is 7.59. The number of nitrogens with zero attached hydrogens (tertiary/aromatic N) is 2. The molecule has 1 heterocycles. The topological polar surface area (TPSA) is 142 Å². The summed E-state index contributed by atoms with van der Waals surface area (Å²) in [5.74, 6) is -1.33. The second-order valence-electron chi connectivity index (χ2n) is 6.20. The predicted octanol–water partition coefficient (Wildman–Crippen LogP) is 1.21. The van der Waals surface area contributed by atoms with Gasteiger partial charge in [-0.15, -0.1) is 0 Å². The maximum absolute atomic E-state index is 11.5. The van der Waals surface area contributed by atoms with Crippen LogP contribution in [0.4, 0.5) is 4.79 Å². The minimum atomic E-state index is -1.50. The van der Waals surface area contributed by atoms with E-state index >= 15 is 0 Å². The van der Waals surface area contributed by atoms with Gasteiger partial charge in [-0.2, -0.15) is 0 Å². The molecule has 0 spiro atoms. The van der Waals surface area contributed by atoms with E-state index in [-0.39, 0.29) is 29.4 Å². The number of alkyl carbamates (subject to hydrolysis) is 1. The van der Waals surface area contributed by atoms with Gasteiger partial charge in [0.2, 0.25) is 0 Å². The fraction of sp³-hybridized carbons (Fsp3) is 0.600. The third-order valence-corrected chi connectivity index (χ3v) is 3.53. The van der Waals surface area contributed by atoms with Crippen molar-refractivity contribution in [2.45, 2.75) is 50.2 Å². The van der Waals surface area contributed by atoms with Crippen LogP contribution in [0.2, 0.25) is 0 Å². The van der Waals surface area contributed by atoms with E-state index in [1.807, 2.05) is 0 Å². The summed E-state index contributed by atoms with van der Waals surface area (Å²) in [7, 11) is 0. The van der Waals surface area contributed by atoms with Crippen LogP contribution in [0, 0.1) is 0 Å². The monoisotopic (exact) mass is 373 g/mol. The molecule has 1 aromatic rings. The molecule has 25 heavy (non-hydrogen) atoms. The predicted molar refractivity (Wildman–Crippen MR) is 90.6 cm³/mol. The van der Waals surface area contributed by atoms with Gasteiger partial charge in [0.15, 0.2) is 10.9 Å². The van der Waals surface area contributed by atoms with Gasteiger partial charge in [0, 0.05) is 18.3 Å². The van der Waals surface area contributed by atoms with E-state index in [0.29, 0.717) is 0 Å². The first-order valence-electron chi connectivity index (χ1n) is 7.52. The number of carboxylic acids is 1. The molecule has 0 aliphatic rings. The quantitative estimate of drug-likeness (QED) is 0.409. The Morgan fingerprint density at radius 2 is 2.00 bits per heavy atom. The van der Waals surface area contributed by atoms with E-state index in [4.69, 9.17) is 4.74 Å². The highest BCUT2D eigenvalue weighted by molar-refractivity contribution is 7.98. The average Bonchev–Trinajstić information content (AvgIpc) is 2.51. The SMILES string of the molecule is CSc1ncc(C(O)C(O)CCNC(=O)OC(C)(C)C)c(C(=O)O)n1. The number of aliphatic hydroxyl groups is 2. The standard InChI is InChI=1S/C15H23N3O6S/c1-15(2,3)24-14(23)16-6-5-9(19)11(20)8-7-17-13(25-4)18-10(8)12(21)22/h7,9,11,19-20H,5-6H2,1-4H3,(H,16,23)(H,21,22). The summed E-state index contributed by atoms with van der Waals surface area (Å²) in [6.45, 7) is 5.20. The highest BCUT2D eigenvalue weighted by Gasteiger charge is 2.26. The lowest BCUT2D eigenvalue weighted by Crippen LogP contribution is -2.35.